The van der Waals surface area contributed by atoms with Gasteiger partial charge in [0.05, 0.1) is 19.6 Å². The molecule has 21 heavy (non-hydrogen) atoms. The summed E-state index contributed by atoms with van der Waals surface area (Å²) in [6.45, 7) is 1.33. The van der Waals surface area contributed by atoms with Gasteiger partial charge in [-0.05, 0) is 24.1 Å². The topological polar surface area (TPSA) is 92.7 Å². The summed E-state index contributed by atoms with van der Waals surface area (Å²) in [5, 5.41) is 11.8. The number of benzene rings is 1. The van der Waals surface area contributed by atoms with Gasteiger partial charge in [-0.1, -0.05) is 12.1 Å². The Labute approximate surface area is 123 Å². The van der Waals surface area contributed by atoms with Gasteiger partial charge in [-0.15, -0.1) is 0 Å². The lowest BCUT2D eigenvalue weighted by Crippen LogP contribution is -2.41. The summed E-state index contributed by atoms with van der Waals surface area (Å²) in [5.41, 5.74) is 0.804. The average molecular weight is 293 g/mol. The van der Waals surface area contributed by atoms with Crippen LogP contribution in [0.4, 0.5) is 0 Å². The maximum Gasteiger partial charge on any atom is 0.305 e. The van der Waals surface area contributed by atoms with Gasteiger partial charge in [0, 0.05) is 13.3 Å². The lowest BCUT2D eigenvalue weighted by atomic mass is 9.99. The van der Waals surface area contributed by atoms with Crippen LogP contribution in [0.1, 0.15) is 25.3 Å². The van der Waals surface area contributed by atoms with Crippen LogP contribution in [-0.4, -0.2) is 35.9 Å². The largest absolute Gasteiger partial charge is 0.508 e. The van der Waals surface area contributed by atoms with Crippen molar-refractivity contribution in [3.8, 4) is 5.75 Å². The van der Waals surface area contributed by atoms with Gasteiger partial charge in [0.15, 0.2) is 5.78 Å². The second-order valence-corrected chi connectivity index (χ2v) is 4.67. The predicted molar refractivity (Wildman–Crippen MR) is 75.7 cm³/mol. The van der Waals surface area contributed by atoms with Crippen molar-refractivity contribution >= 4 is 17.7 Å². The number of hydrogen-bond acceptors (Lipinski definition) is 5. The summed E-state index contributed by atoms with van der Waals surface area (Å²) in [6, 6.07) is 5.69. The van der Waals surface area contributed by atoms with Gasteiger partial charge in [0.25, 0.3) is 0 Å². The molecule has 1 atom stereocenters. The van der Waals surface area contributed by atoms with E-state index in [1.165, 1.54) is 26.2 Å². The van der Waals surface area contributed by atoms with Gasteiger partial charge >= 0.3 is 5.97 Å². The zero-order chi connectivity index (χ0) is 15.8. The number of phenols is 1. The number of methoxy groups -OCH3 is 1. The molecule has 0 aliphatic heterocycles. The molecule has 0 heterocycles. The molecule has 114 valence electrons. The van der Waals surface area contributed by atoms with Crippen molar-refractivity contribution in [3.05, 3.63) is 29.8 Å². The summed E-state index contributed by atoms with van der Waals surface area (Å²) in [4.78, 5) is 34.4. The third-order valence-corrected chi connectivity index (χ3v) is 2.95. The van der Waals surface area contributed by atoms with Crippen molar-refractivity contribution in [1.82, 2.24) is 5.32 Å². The van der Waals surface area contributed by atoms with Crippen molar-refractivity contribution in [1.29, 1.82) is 0 Å². The lowest BCUT2D eigenvalue weighted by molar-refractivity contribution is -0.142. The molecular formula is C15H19NO5. The molecule has 0 radical (unpaired) electrons. The van der Waals surface area contributed by atoms with Gasteiger partial charge < -0.3 is 15.2 Å². The summed E-state index contributed by atoms with van der Waals surface area (Å²) in [5.74, 6) is -0.879. The van der Waals surface area contributed by atoms with Crippen LogP contribution in [0.3, 0.4) is 0 Å². The Morgan fingerprint density at radius 3 is 2.33 bits per heavy atom. The van der Waals surface area contributed by atoms with E-state index >= 15 is 0 Å². The first-order valence-corrected chi connectivity index (χ1v) is 6.57. The Morgan fingerprint density at radius 1 is 1.19 bits per heavy atom. The number of Topliss-reactive ketones (excluding diaryl/α,β-unsaturated/α-hetero) is 1. The van der Waals surface area contributed by atoms with Crippen molar-refractivity contribution in [2.75, 3.05) is 7.11 Å². The Bertz CT molecular complexity index is 509. The molecule has 0 spiro atoms. The molecule has 0 saturated heterocycles. The second-order valence-electron chi connectivity index (χ2n) is 4.67. The Morgan fingerprint density at radius 2 is 1.81 bits per heavy atom. The monoisotopic (exact) mass is 293 g/mol. The number of aromatic hydroxyl groups is 1. The number of phenolic OH excluding ortho intramolecular Hbond substituents is 1. The minimum Gasteiger partial charge on any atom is -0.508 e. The van der Waals surface area contributed by atoms with Crippen LogP contribution in [0.15, 0.2) is 24.3 Å². The molecule has 0 bridgehead atoms. The quantitative estimate of drug-likeness (QED) is 0.730. The number of ether oxygens (including phenoxy) is 1. The highest BCUT2D eigenvalue weighted by Crippen LogP contribution is 2.12. The van der Waals surface area contributed by atoms with Crippen LogP contribution in [0.25, 0.3) is 0 Å². The molecule has 1 unspecified atom stereocenters. The van der Waals surface area contributed by atoms with Gasteiger partial charge in [-0.2, -0.15) is 0 Å². The van der Waals surface area contributed by atoms with Crippen molar-refractivity contribution in [3.63, 3.8) is 0 Å². The van der Waals surface area contributed by atoms with E-state index in [9.17, 15) is 19.5 Å². The molecule has 0 saturated carbocycles. The first-order chi connectivity index (χ1) is 9.92. The summed E-state index contributed by atoms with van der Waals surface area (Å²) in [7, 11) is 1.26. The number of ketones is 1. The molecule has 0 aromatic heterocycles. The average Bonchev–Trinajstić information content (AvgIpc) is 2.45. The zero-order valence-electron chi connectivity index (χ0n) is 12.1. The smallest absolute Gasteiger partial charge is 0.305 e. The molecule has 0 aliphatic rings. The van der Waals surface area contributed by atoms with E-state index < -0.39 is 12.0 Å². The van der Waals surface area contributed by atoms with E-state index in [4.69, 9.17) is 0 Å². The summed E-state index contributed by atoms with van der Waals surface area (Å²) in [6.07, 6.45) is 0.302. The third-order valence-electron chi connectivity index (χ3n) is 2.95. The highest BCUT2D eigenvalue weighted by atomic mass is 16.5. The number of nitrogens with one attached hydrogen (secondary N) is 1. The highest BCUT2D eigenvalue weighted by Gasteiger charge is 2.20. The van der Waals surface area contributed by atoms with Gasteiger partial charge in [-0.25, -0.2) is 0 Å². The molecule has 6 heteroatoms. The van der Waals surface area contributed by atoms with Crippen molar-refractivity contribution < 1.29 is 24.2 Å². The van der Waals surface area contributed by atoms with Crippen molar-refractivity contribution in [2.24, 2.45) is 0 Å². The third kappa shape index (κ3) is 6.07. The van der Waals surface area contributed by atoms with Gasteiger partial charge in [-0.3, -0.25) is 14.4 Å². The minimum absolute atomic E-state index is 0.00963. The number of amides is 1. The Hall–Kier alpha value is -2.37. The standard InChI is InChI=1S/C15H19NO5/c1-10(17)16-13(14(19)7-8-15(20)21-2)9-11-3-5-12(18)6-4-11/h3-6,13,18H,7-9H2,1-2H3,(H,16,17). The van der Waals surface area contributed by atoms with Crippen LogP contribution in [-0.2, 0) is 25.5 Å². The van der Waals surface area contributed by atoms with E-state index in [1.54, 1.807) is 12.1 Å². The van der Waals surface area contributed by atoms with Crippen LogP contribution >= 0.6 is 0 Å². The SMILES string of the molecule is COC(=O)CCC(=O)C(Cc1ccc(O)cc1)NC(C)=O. The lowest BCUT2D eigenvalue weighted by Gasteiger charge is -2.16. The Kier molecular flexibility index (Phi) is 6.39. The minimum atomic E-state index is -0.698. The van der Waals surface area contributed by atoms with Crippen LogP contribution in [0.5, 0.6) is 5.75 Å². The number of rotatable bonds is 7. The molecule has 1 amide bonds. The van der Waals surface area contributed by atoms with Crippen LogP contribution < -0.4 is 5.32 Å². The highest BCUT2D eigenvalue weighted by molar-refractivity contribution is 5.90. The zero-order valence-corrected chi connectivity index (χ0v) is 12.1. The van der Waals surface area contributed by atoms with Crippen LogP contribution in [0, 0.1) is 0 Å². The number of carbonyl (C=O) groups excluding carboxylic acids is 3. The van der Waals surface area contributed by atoms with E-state index in [-0.39, 0.29) is 30.3 Å². The summed E-state index contributed by atoms with van der Waals surface area (Å²) >= 11 is 0. The van der Waals surface area contributed by atoms with E-state index in [0.29, 0.717) is 6.42 Å². The van der Waals surface area contributed by atoms with E-state index in [1.807, 2.05) is 0 Å². The van der Waals surface area contributed by atoms with E-state index in [2.05, 4.69) is 10.1 Å². The molecule has 0 aliphatic carbocycles. The first kappa shape index (κ1) is 16.7. The molecular weight excluding hydrogens is 274 g/mol. The molecule has 1 aromatic rings. The maximum atomic E-state index is 12.1. The van der Waals surface area contributed by atoms with Crippen molar-refractivity contribution in [2.45, 2.75) is 32.2 Å². The van der Waals surface area contributed by atoms with Crippen LogP contribution in [0.2, 0.25) is 0 Å². The fourth-order valence-electron chi connectivity index (χ4n) is 1.86. The number of esters is 1. The first-order valence-electron chi connectivity index (χ1n) is 6.57. The number of hydrogen-bond donors (Lipinski definition) is 2. The normalized spacial score (nSPS) is 11.5. The predicted octanol–water partition coefficient (Wildman–Crippen LogP) is 0.962. The van der Waals surface area contributed by atoms with E-state index in [0.717, 1.165) is 5.56 Å². The fraction of sp³-hybridized carbons (Fsp3) is 0.400. The number of carbonyl (C=O) groups is 3. The van der Waals surface area contributed by atoms with Gasteiger partial charge in [0.1, 0.15) is 5.75 Å². The molecule has 2 N–H and O–H groups in total. The van der Waals surface area contributed by atoms with Gasteiger partial charge in [0.2, 0.25) is 5.91 Å². The maximum absolute atomic E-state index is 12.1. The Balaban J connectivity index is 2.70. The molecule has 1 aromatic carbocycles. The molecule has 0 fully saturated rings. The summed E-state index contributed by atoms with van der Waals surface area (Å²) < 4.78 is 4.49. The second kappa shape index (κ2) is 8.04. The molecule has 1 rings (SSSR count). The molecule has 6 nitrogen and oxygen atoms in total. The fourth-order valence-corrected chi connectivity index (χ4v) is 1.86.